The number of piperidine rings is 1. The van der Waals surface area contributed by atoms with Crippen LogP contribution in [-0.2, 0) is 29.6 Å². The third kappa shape index (κ3) is 4.58. The van der Waals surface area contributed by atoms with Gasteiger partial charge in [0.05, 0.1) is 12.2 Å². The van der Waals surface area contributed by atoms with Gasteiger partial charge in [-0.15, -0.1) is 0 Å². The SMILES string of the molecule is CC(C)NC(=O)c1nn(C)c2c1COC1(CCN(C(=O)COc3ccccc3)CC1)C2. The van der Waals surface area contributed by atoms with E-state index in [0.29, 0.717) is 37.6 Å². The maximum Gasteiger partial charge on any atom is 0.272 e. The number of nitrogens with one attached hydrogen (secondary N) is 1. The first kappa shape index (κ1) is 21.4. The van der Waals surface area contributed by atoms with Gasteiger partial charge < -0.3 is 19.7 Å². The number of benzene rings is 1. The number of rotatable bonds is 5. The van der Waals surface area contributed by atoms with E-state index in [9.17, 15) is 9.59 Å². The van der Waals surface area contributed by atoms with Gasteiger partial charge in [0.25, 0.3) is 11.8 Å². The minimum absolute atomic E-state index is 0.0108. The molecule has 8 nitrogen and oxygen atoms in total. The lowest BCUT2D eigenvalue weighted by atomic mass is 9.83. The summed E-state index contributed by atoms with van der Waals surface area (Å²) in [5.41, 5.74) is 2.06. The number of aryl methyl sites for hydroxylation is 1. The van der Waals surface area contributed by atoms with Crippen molar-refractivity contribution in [3.05, 3.63) is 47.3 Å². The molecule has 1 aromatic heterocycles. The van der Waals surface area contributed by atoms with Crippen molar-refractivity contribution in [2.24, 2.45) is 7.05 Å². The van der Waals surface area contributed by atoms with Crippen LogP contribution in [0.2, 0.25) is 0 Å². The molecule has 2 aromatic rings. The second kappa shape index (κ2) is 8.70. The lowest BCUT2D eigenvalue weighted by Crippen LogP contribution is -2.51. The minimum atomic E-state index is -0.316. The predicted molar refractivity (Wildman–Crippen MR) is 115 cm³/mol. The number of nitrogens with zero attached hydrogens (tertiary/aromatic N) is 3. The third-order valence-electron chi connectivity index (χ3n) is 6.05. The molecule has 1 aromatic carbocycles. The van der Waals surface area contributed by atoms with E-state index in [0.717, 1.165) is 24.1 Å². The number of fused-ring (bicyclic) bond motifs is 1. The number of likely N-dealkylation sites (tertiary alicyclic amines) is 1. The molecule has 2 aliphatic rings. The quantitative estimate of drug-likeness (QED) is 0.791. The Bertz CT molecular complexity index is 946. The van der Waals surface area contributed by atoms with Gasteiger partial charge in [-0.1, -0.05) is 18.2 Å². The van der Waals surface area contributed by atoms with Crippen LogP contribution >= 0.6 is 0 Å². The van der Waals surface area contributed by atoms with E-state index in [4.69, 9.17) is 9.47 Å². The fourth-order valence-corrected chi connectivity index (χ4v) is 4.31. The minimum Gasteiger partial charge on any atom is -0.484 e. The van der Waals surface area contributed by atoms with Crippen molar-refractivity contribution >= 4 is 11.8 Å². The molecule has 1 spiro atoms. The number of para-hydroxylation sites is 1. The van der Waals surface area contributed by atoms with Gasteiger partial charge >= 0.3 is 0 Å². The normalized spacial score (nSPS) is 17.5. The largest absolute Gasteiger partial charge is 0.484 e. The van der Waals surface area contributed by atoms with Crippen molar-refractivity contribution in [1.82, 2.24) is 20.0 Å². The summed E-state index contributed by atoms with van der Waals surface area (Å²) in [5.74, 6) is 0.523. The Balaban J connectivity index is 1.36. The van der Waals surface area contributed by atoms with E-state index in [1.54, 1.807) is 4.68 Å². The van der Waals surface area contributed by atoms with Crippen molar-refractivity contribution in [2.75, 3.05) is 19.7 Å². The standard InChI is InChI=1S/C23H30N4O4/c1-16(2)24-22(29)21-18-14-31-23(13-19(18)26(3)25-21)9-11-27(12-10-23)20(28)15-30-17-7-5-4-6-8-17/h4-8,16H,9-15H2,1-3H3,(H,24,29). The summed E-state index contributed by atoms with van der Waals surface area (Å²) >= 11 is 0. The number of carbonyl (C=O) groups excluding carboxylic acids is 2. The van der Waals surface area contributed by atoms with E-state index in [1.165, 1.54) is 0 Å². The second-order valence-corrected chi connectivity index (χ2v) is 8.66. The van der Waals surface area contributed by atoms with Gasteiger partial charge in [0.2, 0.25) is 0 Å². The van der Waals surface area contributed by atoms with E-state index in [2.05, 4.69) is 10.4 Å². The second-order valence-electron chi connectivity index (χ2n) is 8.66. The average molecular weight is 427 g/mol. The molecular formula is C23H30N4O4. The first-order chi connectivity index (χ1) is 14.9. The van der Waals surface area contributed by atoms with Crippen molar-refractivity contribution in [2.45, 2.75) is 51.4 Å². The number of hydrogen-bond donors (Lipinski definition) is 1. The molecule has 0 bridgehead atoms. The molecular weight excluding hydrogens is 396 g/mol. The fraction of sp³-hybridized carbons (Fsp3) is 0.522. The van der Waals surface area contributed by atoms with Gasteiger partial charge in [-0.2, -0.15) is 5.10 Å². The van der Waals surface area contributed by atoms with Crippen molar-refractivity contribution in [3.63, 3.8) is 0 Å². The molecule has 1 fully saturated rings. The zero-order valence-electron chi connectivity index (χ0n) is 18.4. The summed E-state index contributed by atoms with van der Waals surface area (Å²) in [4.78, 5) is 26.9. The summed E-state index contributed by atoms with van der Waals surface area (Å²) in [6, 6.07) is 9.42. The van der Waals surface area contributed by atoms with Gasteiger partial charge in [0.1, 0.15) is 5.75 Å². The fourth-order valence-electron chi connectivity index (χ4n) is 4.31. The van der Waals surface area contributed by atoms with Crippen molar-refractivity contribution in [3.8, 4) is 5.75 Å². The van der Waals surface area contributed by atoms with Crippen LogP contribution in [-0.4, -0.2) is 57.8 Å². The highest BCUT2D eigenvalue weighted by Gasteiger charge is 2.42. The Kier molecular flexibility index (Phi) is 6.00. The average Bonchev–Trinajstić information content (AvgIpc) is 3.08. The number of aromatic nitrogens is 2. The summed E-state index contributed by atoms with van der Waals surface area (Å²) in [7, 11) is 1.88. The molecule has 1 N–H and O–H groups in total. The van der Waals surface area contributed by atoms with Gasteiger partial charge in [0.15, 0.2) is 12.3 Å². The molecule has 4 rings (SSSR count). The van der Waals surface area contributed by atoms with Crippen LogP contribution in [0, 0.1) is 0 Å². The molecule has 8 heteroatoms. The molecule has 2 amide bonds. The highest BCUT2D eigenvalue weighted by atomic mass is 16.5. The van der Waals surface area contributed by atoms with E-state index in [1.807, 2.05) is 56.1 Å². The van der Waals surface area contributed by atoms with E-state index >= 15 is 0 Å². The molecule has 166 valence electrons. The first-order valence-electron chi connectivity index (χ1n) is 10.8. The summed E-state index contributed by atoms with van der Waals surface area (Å²) in [6.07, 6.45) is 2.20. The lowest BCUT2D eigenvalue weighted by Gasteiger charge is -2.43. The Hall–Kier alpha value is -2.87. The van der Waals surface area contributed by atoms with E-state index in [-0.39, 0.29) is 30.1 Å². The number of hydrogen-bond acceptors (Lipinski definition) is 5. The zero-order chi connectivity index (χ0) is 22.0. The van der Waals surface area contributed by atoms with Crippen LogP contribution in [0.25, 0.3) is 0 Å². The molecule has 0 atom stereocenters. The van der Waals surface area contributed by atoms with Crippen LogP contribution in [0.3, 0.4) is 0 Å². The maximum absolute atomic E-state index is 12.6. The third-order valence-corrected chi connectivity index (χ3v) is 6.05. The smallest absolute Gasteiger partial charge is 0.272 e. The monoisotopic (exact) mass is 426 g/mol. The topological polar surface area (TPSA) is 85.7 Å². The molecule has 0 unspecified atom stereocenters. The Morgan fingerprint density at radius 1 is 1.23 bits per heavy atom. The van der Waals surface area contributed by atoms with Crippen LogP contribution in [0.15, 0.2) is 30.3 Å². The lowest BCUT2D eigenvalue weighted by molar-refractivity contribution is -0.143. The maximum atomic E-state index is 12.6. The summed E-state index contributed by atoms with van der Waals surface area (Å²) in [5, 5.41) is 7.37. The molecule has 0 radical (unpaired) electrons. The molecule has 0 saturated carbocycles. The molecule has 1 saturated heterocycles. The molecule has 2 aliphatic heterocycles. The Morgan fingerprint density at radius 2 is 1.94 bits per heavy atom. The zero-order valence-corrected chi connectivity index (χ0v) is 18.4. The highest BCUT2D eigenvalue weighted by Crippen LogP contribution is 2.37. The van der Waals surface area contributed by atoms with Crippen LogP contribution in [0.1, 0.15) is 48.4 Å². The number of carbonyl (C=O) groups is 2. The first-order valence-corrected chi connectivity index (χ1v) is 10.8. The van der Waals surface area contributed by atoms with Crippen LogP contribution in [0.4, 0.5) is 0 Å². The van der Waals surface area contributed by atoms with Gasteiger partial charge in [0, 0.05) is 43.9 Å². The predicted octanol–water partition coefficient (Wildman–Crippen LogP) is 2.07. The van der Waals surface area contributed by atoms with E-state index < -0.39 is 0 Å². The summed E-state index contributed by atoms with van der Waals surface area (Å²) < 4.78 is 13.7. The van der Waals surface area contributed by atoms with Gasteiger partial charge in [-0.05, 0) is 38.8 Å². The Morgan fingerprint density at radius 3 is 2.61 bits per heavy atom. The Labute approximate surface area is 182 Å². The summed E-state index contributed by atoms with van der Waals surface area (Å²) in [6.45, 7) is 5.53. The number of amides is 2. The van der Waals surface area contributed by atoms with Crippen molar-refractivity contribution < 1.29 is 19.1 Å². The van der Waals surface area contributed by atoms with Crippen LogP contribution < -0.4 is 10.1 Å². The molecule has 3 heterocycles. The van der Waals surface area contributed by atoms with Gasteiger partial charge in [-0.3, -0.25) is 14.3 Å². The van der Waals surface area contributed by atoms with Crippen LogP contribution in [0.5, 0.6) is 5.75 Å². The number of ether oxygens (including phenoxy) is 2. The van der Waals surface area contributed by atoms with Crippen molar-refractivity contribution in [1.29, 1.82) is 0 Å². The molecule has 31 heavy (non-hydrogen) atoms. The highest BCUT2D eigenvalue weighted by molar-refractivity contribution is 5.94. The van der Waals surface area contributed by atoms with Gasteiger partial charge in [-0.25, -0.2) is 0 Å². The molecule has 0 aliphatic carbocycles.